The molecule has 0 spiro atoms. The number of halogens is 2. The lowest BCUT2D eigenvalue weighted by Gasteiger charge is -2.36. The molecule has 0 saturated heterocycles. The van der Waals surface area contributed by atoms with Crippen LogP contribution in [0.5, 0.6) is 0 Å². The Morgan fingerprint density at radius 1 is 1.17 bits per heavy atom. The Balaban J connectivity index is 1.95. The number of nitrogens with zero attached hydrogens (tertiary/aromatic N) is 2. The van der Waals surface area contributed by atoms with Crippen LogP contribution in [0.4, 0.5) is 10.1 Å². The molecule has 1 fully saturated rings. The average molecular weight is 469 g/mol. The Labute approximate surface area is 185 Å². The van der Waals surface area contributed by atoms with E-state index >= 15 is 0 Å². The molecular formula is C25H26BrFN2O. The smallest absolute Gasteiger partial charge is 0.214 e. The highest BCUT2D eigenvalue weighted by Crippen LogP contribution is 2.40. The highest BCUT2D eigenvalue weighted by molar-refractivity contribution is 9.08. The van der Waals surface area contributed by atoms with Crippen molar-refractivity contribution >= 4 is 38.9 Å². The first kappa shape index (κ1) is 21.0. The van der Waals surface area contributed by atoms with Gasteiger partial charge in [-0.15, -0.1) is 0 Å². The predicted octanol–water partition coefficient (Wildman–Crippen LogP) is 6.87. The van der Waals surface area contributed by atoms with Gasteiger partial charge >= 0.3 is 0 Å². The zero-order valence-corrected chi connectivity index (χ0v) is 18.7. The lowest BCUT2D eigenvalue weighted by atomic mass is 9.83. The van der Waals surface area contributed by atoms with Gasteiger partial charge in [-0.05, 0) is 43.9 Å². The van der Waals surface area contributed by atoms with E-state index in [1.807, 2.05) is 35.2 Å². The van der Waals surface area contributed by atoms with E-state index in [1.54, 1.807) is 6.07 Å². The van der Waals surface area contributed by atoms with Crippen molar-refractivity contribution in [2.75, 3.05) is 4.90 Å². The maximum absolute atomic E-state index is 14.3. The second-order valence-corrected chi connectivity index (χ2v) is 8.66. The lowest BCUT2D eigenvalue weighted by Crippen LogP contribution is -2.39. The van der Waals surface area contributed by atoms with Crippen molar-refractivity contribution in [3.63, 3.8) is 0 Å². The number of amides is 1. The molecule has 1 heterocycles. The molecule has 4 rings (SSSR count). The van der Waals surface area contributed by atoms with Crippen molar-refractivity contribution in [3.05, 3.63) is 59.9 Å². The zero-order chi connectivity index (χ0) is 21.1. The average Bonchev–Trinajstić information content (AvgIpc) is 2.80. The number of benzene rings is 2. The van der Waals surface area contributed by atoms with Crippen molar-refractivity contribution in [3.8, 4) is 11.3 Å². The van der Waals surface area contributed by atoms with Gasteiger partial charge in [-0.2, -0.15) is 0 Å². The maximum atomic E-state index is 14.3. The number of anilines is 1. The Hall–Kier alpha value is -2.27. The molecule has 1 amide bonds. The second-order valence-electron chi connectivity index (χ2n) is 8.10. The molecule has 1 saturated carbocycles. The third-order valence-electron chi connectivity index (χ3n) is 6.34. The predicted molar refractivity (Wildman–Crippen MR) is 124 cm³/mol. The molecule has 3 aromatic rings. The third-order valence-corrected chi connectivity index (χ3v) is 6.90. The molecular weight excluding hydrogens is 443 g/mol. The van der Waals surface area contributed by atoms with Gasteiger partial charge in [0.05, 0.1) is 16.9 Å². The van der Waals surface area contributed by atoms with Crippen LogP contribution in [-0.4, -0.2) is 17.4 Å². The van der Waals surface area contributed by atoms with Crippen molar-refractivity contribution in [1.82, 2.24) is 4.98 Å². The first-order valence-electron chi connectivity index (χ1n) is 10.6. The Kier molecular flexibility index (Phi) is 6.47. The van der Waals surface area contributed by atoms with E-state index in [-0.39, 0.29) is 11.9 Å². The first-order chi connectivity index (χ1) is 14.6. The van der Waals surface area contributed by atoms with Gasteiger partial charge in [0.25, 0.3) is 0 Å². The number of hydrogen-bond donors (Lipinski definition) is 0. The summed E-state index contributed by atoms with van der Waals surface area (Å²) in [5, 5.41) is 1.20. The fourth-order valence-corrected chi connectivity index (χ4v) is 5.24. The van der Waals surface area contributed by atoms with Crippen molar-refractivity contribution in [1.29, 1.82) is 0 Å². The number of carbonyl (C=O) groups excluding carboxylic acids is 1. The molecule has 0 unspecified atom stereocenters. The van der Waals surface area contributed by atoms with Crippen molar-refractivity contribution in [2.24, 2.45) is 5.92 Å². The summed E-state index contributed by atoms with van der Waals surface area (Å²) < 4.78 is 14.3. The standard InChI is InChI=1S/C25H26BrFN2O/c1-17(18-8-4-2-5-9-18)29(16-30)25-21-14-20(27)12-13-23(21)28-24(22(25)15-26)19-10-6-3-7-11-19/h3,6-7,10-14,16-18H,2,4-5,8-9,15H2,1H3/t17-/m0/s1. The summed E-state index contributed by atoms with van der Waals surface area (Å²) in [6.45, 7) is 2.12. The molecule has 0 radical (unpaired) electrons. The zero-order valence-electron chi connectivity index (χ0n) is 17.2. The quantitative estimate of drug-likeness (QED) is 0.292. The second kappa shape index (κ2) is 9.25. The number of rotatable bonds is 6. The largest absolute Gasteiger partial charge is 0.311 e. The minimum absolute atomic E-state index is 0.0399. The minimum atomic E-state index is -0.324. The highest BCUT2D eigenvalue weighted by Gasteiger charge is 2.29. The molecule has 1 aliphatic carbocycles. The number of hydrogen-bond acceptors (Lipinski definition) is 2. The molecule has 1 atom stereocenters. The Morgan fingerprint density at radius 2 is 1.90 bits per heavy atom. The topological polar surface area (TPSA) is 33.2 Å². The van der Waals surface area contributed by atoms with Crippen LogP contribution in [0.25, 0.3) is 22.2 Å². The normalized spacial score (nSPS) is 15.8. The molecule has 30 heavy (non-hydrogen) atoms. The molecule has 3 nitrogen and oxygen atoms in total. The minimum Gasteiger partial charge on any atom is -0.311 e. The van der Waals surface area contributed by atoms with E-state index in [1.165, 1.54) is 31.4 Å². The highest BCUT2D eigenvalue weighted by atomic mass is 79.9. The number of pyridine rings is 1. The number of fused-ring (bicyclic) bond motifs is 1. The van der Waals surface area contributed by atoms with Crippen LogP contribution in [-0.2, 0) is 10.1 Å². The van der Waals surface area contributed by atoms with Crippen LogP contribution in [0.3, 0.4) is 0 Å². The molecule has 0 aliphatic heterocycles. The maximum Gasteiger partial charge on any atom is 0.214 e. The van der Waals surface area contributed by atoms with Gasteiger partial charge < -0.3 is 4.90 Å². The number of carbonyl (C=O) groups is 1. The van der Waals surface area contributed by atoms with E-state index in [9.17, 15) is 9.18 Å². The van der Waals surface area contributed by atoms with E-state index in [2.05, 4.69) is 22.9 Å². The fourth-order valence-electron chi connectivity index (χ4n) is 4.71. The van der Waals surface area contributed by atoms with Crippen molar-refractivity contribution < 1.29 is 9.18 Å². The monoisotopic (exact) mass is 468 g/mol. The van der Waals surface area contributed by atoms with Crippen LogP contribution in [0.15, 0.2) is 48.5 Å². The molecule has 2 aromatic carbocycles. The fraction of sp³-hybridized carbons (Fsp3) is 0.360. The lowest BCUT2D eigenvalue weighted by molar-refractivity contribution is -0.108. The van der Waals surface area contributed by atoms with Crippen LogP contribution in [0.2, 0.25) is 0 Å². The van der Waals surface area contributed by atoms with E-state index in [4.69, 9.17) is 4.98 Å². The van der Waals surface area contributed by atoms with Gasteiger partial charge in [-0.25, -0.2) is 9.37 Å². The summed E-state index contributed by atoms with van der Waals surface area (Å²) in [5.74, 6) is 0.124. The summed E-state index contributed by atoms with van der Waals surface area (Å²) in [6, 6.07) is 14.6. The molecule has 0 bridgehead atoms. The summed E-state index contributed by atoms with van der Waals surface area (Å²) in [6.07, 6.45) is 6.83. The molecule has 0 N–H and O–H groups in total. The van der Waals surface area contributed by atoms with Gasteiger partial charge in [-0.3, -0.25) is 4.79 Å². The summed E-state index contributed by atoms with van der Waals surface area (Å²) in [5.41, 5.74) is 4.18. The molecule has 5 heteroatoms. The number of aromatic nitrogens is 1. The Morgan fingerprint density at radius 3 is 2.57 bits per heavy atom. The van der Waals surface area contributed by atoms with Gasteiger partial charge in [0.15, 0.2) is 0 Å². The summed E-state index contributed by atoms with van der Waals surface area (Å²) >= 11 is 3.63. The molecule has 156 valence electrons. The van der Waals surface area contributed by atoms with E-state index < -0.39 is 0 Å². The molecule has 1 aromatic heterocycles. The third kappa shape index (κ3) is 4.00. The van der Waals surface area contributed by atoms with Crippen molar-refractivity contribution in [2.45, 2.75) is 50.4 Å². The number of alkyl halides is 1. The van der Waals surface area contributed by atoms with Crippen LogP contribution < -0.4 is 4.90 Å². The SMILES string of the molecule is C[C@@H](C1CCCCC1)N(C=O)c1c(CBr)c(-c2ccccc2)nc2ccc(F)cc12. The summed E-state index contributed by atoms with van der Waals surface area (Å²) in [4.78, 5) is 19.1. The van der Waals surface area contributed by atoms with Crippen LogP contribution in [0, 0.1) is 11.7 Å². The van der Waals surface area contributed by atoms with E-state index in [0.717, 1.165) is 41.8 Å². The Bertz CT molecular complexity index is 1030. The first-order valence-corrected chi connectivity index (χ1v) is 11.7. The van der Waals surface area contributed by atoms with Gasteiger partial charge in [0.1, 0.15) is 5.82 Å². The van der Waals surface area contributed by atoms with E-state index in [0.29, 0.717) is 22.2 Å². The van der Waals surface area contributed by atoms with Gasteiger partial charge in [0, 0.05) is 27.9 Å². The van der Waals surface area contributed by atoms with Crippen LogP contribution >= 0.6 is 15.9 Å². The summed E-state index contributed by atoms with van der Waals surface area (Å²) in [7, 11) is 0. The van der Waals surface area contributed by atoms with Crippen LogP contribution in [0.1, 0.15) is 44.6 Å². The van der Waals surface area contributed by atoms with Gasteiger partial charge in [-0.1, -0.05) is 65.5 Å². The van der Waals surface area contributed by atoms with Gasteiger partial charge in [0.2, 0.25) is 6.41 Å². The molecule has 1 aliphatic rings.